The lowest BCUT2D eigenvalue weighted by Gasteiger charge is -2.20. The number of benzene rings is 2. The molecule has 3 rings (SSSR count). The third kappa shape index (κ3) is 2.03. The molecule has 20 heavy (non-hydrogen) atoms. The van der Waals surface area contributed by atoms with Gasteiger partial charge in [-0.1, -0.05) is 44.2 Å². The Kier molecular flexibility index (Phi) is 2.74. The van der Waals surface area contributed by atoms with Crippen LogP contribution in [0.1, 0.15) is 26.3 Å². The van der Waals surface area contributed by atoms with Crippen molar-refractivity contribution in [1.82, 2.24) is 15.0 Å². The van der Waals surface area contributed by atoms with Crippen molar-refractivity contribution in [3.8, 4) is 11.4 Å². The summed E-state index contributed by atoms with van der Waals surface area (Å²) in [6.07, 6.45) is 0. The molecule has 0 unspecified atom stereocenters. The minimum Gasteiger partial charge on any atom is -0.506 e. The first-order chi connectivity index (χ1) is 9.47. The van der Waals surface area contributed by atoms with Crippen LogP contribution in [-0.2, 0) is 5.41 Å². The van der Waals surface area contributed by atoms with E-state index in [4.69, 9.17) is 0 Å². The Morgan fingerprint density at radius 3 is 2.55 bits per heavy atom. The summed E-state index contributed by atoms with van der Waals surface area (Å²) >= 11 is 0. The second kappa shape index (κ2) is 4.34. The molecule has 0 spiro atoms. The fraction of sp³-hybridized carbons (Fsp3) is 0.250. The number of hydrogen-bond donors (Lipinski definition) is 1. The van der Waals surface area contributed by atoms with Gasteiger partial charge in [0.15, 0.2) is 0 Å². The molecule has 2 aromatic carbocycles. The van der Waals surface area contributed by atoms with E-state index in [0.717, 1.165) is 16.6 Å². The molecule has 0 fully saturated rings. The van der Waals surface area contributed by atoms with Crippen molar-refractivity contribution in [2.45, 2.75) is 26.2 Å². The summed E-state index contributed by atoms with van der Waals surface area (Å²) in [4.78, 5) is 0. The molecule has 4 nitrogen and oxygen atoms in total. The van der Waals surface area contributed by atoms with Gasteiger partial charge in [-0.15, -0.1) is 5.10 Å². The number of rotatable bonds is 1. The number of nitrogens with zero attached hydrogens (tertiary/aromatic N) is 3. The number of aromatic hydroxyl groups is 1. The summed E-state index contributed by atoms with van der Waals surface area (Å²) in [5.41, 5.74) is 3.51. The fourth-order valence-corrected chi connectivity index (χ4v) is 2.21. The maximum Gasteiger partial charge on any atom is 0.141 e. The summed E-state index contributed by atoms with van der Waals surface area (Å²) in [7, 11) is 0. The molecule has 1 N–H and O–H groups in total. The number of fused-ring (bicyclic) bond motifs is 1. The number of phenolic OH excluding ortho intramolecular Hbond substituents is 1. The molecule has 0 bridgehead atoms. The van der Waals surface area contributed by atoms with Gasteiger partial charge in [0, 0.05) is 0 Å². The van der Waals surface area contributed by atoms with Crippen molar-refractivity contribution < 1.29 is 5.11 Å². The Hall–Kier alpha value is -2.36. The van der Waals surface area contributed by atoms with Crippen LogP contribution in [-0.4, -0.2) is 20.1 Å². The first kappa shape index (κ1) is 12.7. The summed E-state index contributed by atoms with van der Waals surface area (Å²) in [5, 5.41) is 18.4. The van der Waals surface area contributed by atoms with Gasteiger partial charge in [-0.05, 0) is 35.2 Å². The molecule has 1 aromatic heterocycles. The average Bonchev–Trinajstić information content (AvgIpc) is 2.82. The van der Waals surface area contributed by atoms with E-state index < -0.39 is 0 Å². The predicted octanol–water partition coefficient (Wildman–Crippen LogP) is 3.42. The zero-order valence-corrected chi connectivity index (χ0v) is 11.8. The molecule has 0 aliphatic rings. The van der Waals surface area contributed by atoms with Crippen LogP contribution in [0.2, 0.25) is 0 Å². The number of phenols is 1. The van der Waals surface area contributed by atoms with Gasteiger partial charge in [0.25, 0.3) is 0 Å². The fourth-order valence-electron chi connectivity index (χ4n) is 2.21. The highest BCUT2D eigenvalue weighted by Crippen LogP contribution is 2.30. The highest BCUT2D eigenvalue weighted by Gasteiger charge is 2.17. The SMILES string of the molecule is CC(C)(C)c1ccc(O)c(-n2nnc3ccccc32)c1. The van der Waals surface area contributed by atoms with Crippen LogP contribution in [0.25, 0.3) is 16.7 Å². The van der Waals surface area contributed by atoms with Gasteiger partial charge in [-0.2, -0.15) is 0 Å². The van der Waals surface area contributed by atoms with Crippen LogP contribution >= 0.6 is 0 Å². The van der Waals surface area contributed by atoms with E-state index in [-0.39, 0.29) is 11.2 Å². The molecule has 0 aliphatic heterocycles. The molecule has 0 atom stereocenters. The third-order valence-electron chi connectivity index (χ3n) is 3.42. The van der Waals surface area contributed by atoms with E-state index >= 15 is 0 Å². The smallest absolute Gasteiger partial charge is 0.141 e. The van der Waals surface area contributed by atoms with E-state index in [1.54, 1.807) is 10.7 Å². The Morgan fingerprint density at radius 2 is 1.80 bits per heavy atom. The largest absolute Gasteiger partial charge is 0.506 e. The summed E-state index contributed by atoms with van der Waals surface area (Å²) in [6, 6.07) is 13.3. The molecule has 0 radical (unpaired) electrons. The van der Waals surface area contributed by atoms with Crippen LogP contribution in [0.3, 0.4) is 0 Å². The second-order valence-electron chi connectivity index (χ2n) is 5.94. The topological polar surface area (TPSA) is 50.9 Å². The minimum atomic E-state index is 0.0127. The lowest BCUT2D eigenvalue weighted by atomic mass is 9.87. The zero-order valence-electron chi connectivity index (χ0n) is 11.8. The molecular weight excluding hydrogens is 250 g/mol. The molecule has 4 heteroatoms. The highest BCUT2D eigenvalue weighted by atomic mass is 16.3. The van der Waals surface area contributed by atoms with E-state index in [2.05, 4.69) is 31.1 Å². The molecule has 0 saturated heterocycles. The average molecular weight is 267 g/mol. The van der Waals surface area contributed by atoms with Crippen molar-refractivity contribution in [3.05, 3.63) is 48.0 Å². The van der Waals surface area contributed by atoms with Crippen molar-refractivity contribution in [2.24, 2.45) is 0 Å². The van der Waals surface area contributed by atoms with Crippen molar-refractivity contribution in [1.29, 1.82) is 0 Å². The van der Waals surface area contributed by atoms with Crippen LogP contribution in [0.5, 0.6) is 5.75 Å². The van der Waals surface area contributed by atoms with Crippen molar-refractivity contribution in [3.63, 3.8) is 0 Å². The Labute approximate surface area is 117 Å². The molecular formula is C16H17N3O. The quantitative estimate of drug-likeness (QED) is 0.735. The molecule has 102 valence electrons. The second-order valence-corrected chi connectivity index (χ2v) is 5.94. The van der Waals surface area contributed by atoms with Gasteiger partial charge in [0.1, 0.15) is 17.0 Å². The van der Waals surface area contributed by atoms with Crippen LogP contribution in [0.4, 0.5) is 0 Å². The summed E-state index contributed by atoms with van der Waals surface area (Å²) < 4.78 is 1.68. The first-order valence-electron chi connectivity index (χ1n) is 6.61. The summed E-state index contributed by atoms with van der Waals surface area (Å²) in [6.45, 7) is 6.42. The Balaban J connectivity index is 2.24. The predicted molar refractivity (Wildman–Crippen MR) is 79.2 cm³/mol. The standard InChI is InChI=1S/C16H17N3O/c1-16(2,3)11-8-9-15(20)14(10-11)19-13-7-5-4-6-12(13)17-18-19/h4-10,20H,1-3H3. The van der Waals surface area contributed by atoms with Crippen LogP contribution in [0, 0.1) is 0 Å². The lowest BCUT2D eigenvalue weighted by Crippen LogP contribution is -2.12. The molecule has 0 saturated carbocycles. The monoisotopic (exact) mass is 267 g/mol. The number of aromatic nitrogens is 3. The van der Waals surface area contributed by atoms with Crippen LogP contribution in [0.15, 0.2) is 42.5 Å². The lowest BCUT2D eigenvalue weighted by molar-refractivity contribution is 0.469. The molecule has 3 aromatic rings. The molecule has 0 aliphatic carbocycles. The van der Waals surface area contributed by atoms with Crippen molar-refractivity contribution in [2.75, 3.05) is 0 Å². The van der Waals surface area contributed by atoms with E-state index in [1.807, 2.05) is 36.4 Å². The van der Waals surface area contributed by atoms with Gasteiger partial charge in [-0.3, -0.25) is 0 Å². The van der Waals surface area contributed by atoms with Gasteiger partial charge in [0.2, 0.25) is 0 Å². The van der Waals surface area contributed by atoms with E-state index in [1.165, 1.54) is 0 Å². The van der Waals surface area contributed by atoms with Crippen molar-refractivity contribution >= 4 is 11.0 Å². The maximum atomic E-state index is 10.1. The minimum absolute atomic E-state index is 0.0127. The maximum absolute atomic E-state index is 10.1. The molecule has 1 heterocycles. The normalized spacial score (nSPS) is 11.9. The van der Waals surface area contributed by atoms with Gasteiger partial charge in [0.05, 0.1) is 5.52 Å². The number of hydrogen-bond acceptors (Lipinski definition) is 3. The zero-order chi connectivity index (χ0) is 14.3. The van der Waals surface area contributed by atoms with Gasteiger partial charge in [-0.25, -0.2) is 4.68 Å². The van der Waals surface area contributed by atoms with Gasteiger partial charge >= 0.3 is 0 Å². The molecule has 0 amide bonds. The summed E-state index contributed by atoms with van der Waals surface area (Å²) in [5.74, 6) is 0.202. The van der Waals surface area contributed by atoms with Crippen LogP contribution < -0.4 is 0 Å². The Morgan fingerprint density at radius 1 is 1.05 bits per heavy atom. The van der Waals surface area contributed by atoms with E-state index in [0.29, 0.717) is 5.69 Å². The third-order valence-corrected chi connectivity index (χ3v) is 3.42. The first-order valence-corrected chi connectivity index (χ1v) is 6.61. The Bertz CT molecular complexity index is 769. The van der Waals surface area contributed by atoms with Gasteiger partial charge < -0.3 is 5.11 Å². The van der Waals surface area contributed by atoms with E-state index in [9.17, 15) is 5.11 Å². The number of para-hydroxylation sites is 1. The highest BCUT2D eigenvalue weighted by molar-refractivity contribution is 5.76.